The van der Waals surface area contributed by atoms with Gasteiger partial charge in [-0.05, 0) is 123 Å². The number of fused-ring (bicyclic) bond motifs is 9. The molecule has 2 heterocycles. The summed E-state index contributed by atoms with van der Waals surface area (Å²) in [5.41, 5.74) is 20.1. The van der Waals surface area contributed by atoms with Gasteiger partial charge in [-0.25, -0.2) is 0 Å². The van der Waals surface area contributed by atoms with Crippen LogP contribution in [0.15, 0.2) is 271 Å². The van der Waals surface area contributed by atoms with Crippen LogP contribution in [-0.4, -0.2) is 4.57 Å². The molecule has 11 aromatic carbocycles. The van der Waals surface area contributed by atoms with Crippen molar-refractivity contribution in [2.45, 2.75) is 5.41 Å². The highest BCUT2D eigenvalue weighted by molar-refractivity contribution is 6.12. The van der Waals surface area contributed by atoms with Gasteiger partial charge in [-0.1, -0.05) is 194 Å². The van der Waals surface area contributed by atoms with Gasteiger partial charge in [0, 0.05) is 49.9 Å². The predicted octanol–water partition coefficient (Wildman–Crippen LogP) is 17.8. The van der Waals surface area contributed by atoms with Crippen LogP contribution in [0.1, 0.15) is 22.3 Å². The molecule has 14 rings (SSSR count). The van der Waals surface area contributed by atoms with Crippen LogP contribution < -0.4 is 4.90 Å². The summed E-state index contributed by atoms with van der Waals surface area (Å²) < 4.78 is 8.96. The smallest absolute Gasteiger partial charge is 0.143 e. The molecule has 0 unspecified atom stereocenters. The minimum Gasteiger partial charge on any atom is -0.455 e. The van der Waals surface area contributed by atoms with Crippen LogP contribution >= 0.6 is 0 Å². The van der Waals surface area contributed by atoms with Gasteiger partial charge in [-0.15, -0.1) is 0 Å². The van der Waals surface area contributed by atoms with E-state index in [1.54, 1.807) is 0 Å². The molecule has 2 aromatic heterocycles. The van der Waals surface area contributed by atoms with E-state index < -0.39 is 5.41 Å². The molecule has 1 aliphatic rings. The van der Waals surface area contributed by atoms with Crippen molar-refractivity contribution in [1.29, 1.82) is 0 Å². The second-order valence-electron chi connectivity index (χ2n) is 18.4. The second-order valence-corrected chi connectivity index (χ2v) is 18.4. The van der Waals surface area contributed by atoms with E-state index in [0.717, 1.165) is 66.9 Å². The van der Waals surface area contributed by atoms with E-state index in [4.69, 9.17) is 4.42 Å². The van der Waals surface area contributed by atoms with E-state index in [0.29, 0.717) is 0 Å². The lowest BCUT2D eigenvalue weighted by Gasteiger charge is -2.35. The van der Waals surface area contributed by atoms with Crippen molar-refractivity contribution in [2.75, 3.05) is 4.90 Å². The fourth-order valence-corrected chi connectivity index (χ4v) is 11.6. The van der Waals surface area contributed by atoms with Crippen LogP contribution in [0.2, 0.25) is 0 Å². The molecule has 3 nitrogen and oxygen atoms in total. The molecule has 328 valence electrons. The Bertz CT molecular complexity index is 4060. The Morgan fingerprint density at radius 3 is 1.67 bits per heavy atom. The summed E-state index contributed by atoms with van der Waals surface area (Å²) in [4.78, 5) is 2.44. The van der Waals surface area contributed by atoms with E-state index in [9.17, 15) is 0 Å². The number of aromatic nitrogens is 1. The van der Waals surface area contributed by atoms with Gasteiger partial charge < -0.3 is 13.9 Å². The standard InChI is InChI=1S/C67H44N2O/c1-5-18-46(19-6-1)54-28-17-29-58-60-42-47(34-41-65(60)70-66(54)58)45-32-35-51(36-33-45)68(52-38-40-64-59(43-52)57-27-14-16-31-63(57)69(64)50-24-11-4-12-25-50)53-37-39-56-55-26-13-15-30-61(55)67(62(56)44-53,48-20-7-2-8-21-48)49-22-9-3-10-23-49/h1-44H. The number of rotatable bonds is 8. The SMILES string of the molecule is c1ccc(-c2cccc3c2oc2ccc(-c4ccc(N(c5ccc6c(c5)C(c5ccccc5)(c5ccccc5)c5ccccc5-6)c5ccc6c(c5)c5ccccc5n6-c5ccccc5)cc4)cc23)cc1. The van der Waals surface area contributed by atoms with Crippen molar-refractivity contribution in [3.63, 3.8) is 0 Å². The maximum absolute atomic E-state index is 6.58. The molecular weight excluding hydrogens is 849 g/mol. The number of anilines is 3. The fourth-order valence-electron chi connectivity index (χ4n) is 11.6. The Hall–Kier alpha value is -9.18. The van der Waals surface area contributed by atoms with Gasteiger partial charge >= 0.3 is 0 Å². The highest BCUT2D eigenvalue weighted by Gasteiger charge is 2.46. The first-order chi connectivity index (χ1) is 34.7. The van der Waals surface area contributed by atoms with Gasteiger partial charge in [-0.2, -0.15) is 0 Å². The molecule has 0 saturated heterocycles. The number of hydrogen-bond donors (Lipinski definition) is 0. The first-order valence-corrected chi connectivity index (χ1v) is 24.1. The summed E-state index contributed by atoms with van der Waals surface area (Å²) in [6.45, 7) is 0. The number of para-hydroxylation sites is 3. The summed E-state index contributed by atoms with van der Waals surface area (Å²) >= 11 is 0. The molecule has 0 bridgehead atoms. The highest BCUT2D eigenvalue weighted by Crippen LogP contribution is 2.57. The lowest BCUT2D eigenvalue weighted by atomic mass is 9.67. The molecule has 70 heavy (non-hydrogen) atoms. The average molecular weight is 893 g/mol. The summed E-state index contributed by atoms with van der Waals surface area (Å²) in [6.07, 6.45) is 0. The highest BCUT2D eigenvalue weighted by atomic mass is 16.3. The molecule has 0 amide bonds. The molecule has 0 radical (unpaired) electrons. The van der Waals surface area contributed by atoms with Gasteiger partial charge in [0.05, 0.1) is 16.4 Å². The normalized spacial score (nSPS) is 12.7. The first-order valence-electron chi connectivity index (χ1n) is 24.1. The molecule has 0 saturated carbocycles. The minimum absolute atomic E-state index is 0.537. The van der Waals surface area contributed by atoms with Crippen molar-refractivity contribution >= 4 is 60.8 Å². The zero-order valence-electron chi connectivity index (χ0n) is 38.2. The lowest BCUT2D eigenvalue weighted by Crippen LogP contribution is -2.28. The predicted molar refractivity (Wildman–Crippen MR) is 291 cm³/mol. The van der Waals surface area contributed by atoms with E-state index in [1.807, 2.05) is 0 Å². The molecule has 0 aliphatic heterocycles. The number of benzene rings is 11. The Morgan fingerprint density at radius 1 is 0.329 bits per heavy atom. The molecular formula is C67H44N2O. The van der Waals surface area contributed by atoms with Crippen molar-refractivity contribution in [3.05, 3.63) is 289 Å². The van der Waals surface area contributed by atoms with Crippen molar-refractivity contribution in [2.24, 2.45) is 0 Å². The Kier molecular flexibility index (Phi) is 9.11. The van der Waals surface area contributed by atoms with Crippen LogP contribution in [0.3, 0.4) is 0 Å². The monoisotopic (exact) mass is 892 g/mol. The first kappa shape index (κ1) is 39.9. The molecule has 0 spiro atoms. The van der Waals surface area contributed by atoms with Gasteiger partial charge in [0.1, 0.15) is 11.2 Å². The van der Waals surface area contributed by atoms with Gasteiger partial charge in [0.2, 0.25) is 0 Å². The van der Waals surface area contributed by atoms with E-state index in [2.05, 4.69) is 276 Å². The zero-order valence-corrected chi connectivity index (χ0v) is 38.2. The van der Waals surface area contributed by atoms with Gasteiger partial charge in [-0.3, -0.25) is 0 Å². The van der Waals surface area contributed by atoms with Crippen molar-refractivity contribution < 1.29 is 4.42 Å². The van der Waals surface area contributed by atoms with E-state index in [1.165, 1.54) is 55.2 Å². The molecule has 13 aromatic rings. The third kappa shape index (κ3) is 6.08. The largest absolute Gasteiger partial charge is 0.455 e. The van der Waals surface area contributed by atoms with Crippen LogP contribution in [0, 0.1) is 0 Å². The Morgan fingerprint density at radius 2 is 0.900 bits per heavy atom. The van der Waals surface area contributed by atoms with Crippen LogP contribution in [-0.2, 0) is 5.41 Å². The maximum atomic E-state index is 6.58. The number of hydrogen-bond acceptors (Lipinski definition) is 2. The summed E-state index contributed by atoms with van der Waals surface area (Å²) in [6, 6.07) is 97.3. The number of furan rings is 1. The molecule has 0 fully saturated rings. The fraction of sp³-hybridized carbons (Fsp3) is 0.0149. The third-order valence-electron chi connectivity index (χ3n) is 14.7. The maximum Gasteiger partial charge on any atom is 0.143 e. The minimum atomic E-state index is -0.537. The van der Waals surface area contributed by atoms with Crippen LogP contribution in [0.4, 0.5) is 17.1 Å². The topological polar surface area (TPSA) is 21.3 Å². The van der Waals surface area contributed by atoms with Crippen molar-refractivity contribution in [1.82, 2.24) is 4.57 Å². The summed E-state index contributed by atoms with van der Waals surface area (Å²) in [7, 11) is 0. The molecule has 1 aliphatic carbocycles. The molecule has 0 atom stereocenters. The number of nitrogens with zero attached hydrogens (tertiary/aromatic N) is 2. The Balaban J connectivity index is 0.959. The van der Waals surface area contributed by atoms with Crippen LogP contribution in [0.25, 0.3) is 82.8 Å². The Labute approximate surface area is 406 Å². The van der Waals surface area contributed by atoms with E-state index in [-0.39, 0.29) is 0 Å². The molecule has 0 N–H and O–H groups in total. The summed E-state index contributed by atoms with van der Waals surface area (Å²) in [5.74, 6) is 0. The lowest BCUT2D eigenvalue weighted by molar-refractivity contribution is 0.670. The van der Waals surface area contributed by atoms with Crippen molar-refractivity contribution in [3.8, 4) is 39.1 Å². The summed E-state index contributed by atoms with van der Waals surface area (Å²) in [5, 5.41) is 4.64. The molecule has 3 heteroatoms. The average Bonchev–Trinajstić information content (AvgIpc) is 4.08. The van der Waals surface area contributed by atoms with Gasteiger partial charge in [0.25, 0.3) is 0 Å². The quantitative estimate of drug-likeness (QED) is 0.152. The second kappa shape index (κ2) is 16.0. The third-order valence-corrected chi connectivity index (χ3v) is 14.7. The van der Waals surface area contributed by atoms with Gasteiger partial charge in [0.15, 0.2) is 0 Å². The van der Waals surface area contributed by atoms with E-state index >= 15 is 0 Å². The van der Waals surface area contributed by atoms with Crippen LogP contribution in [0.5, 0.6) is 0 Å². The zero-order chi connectivity index (χ0) is 46.2.